The summed E-state index contributed by atoms with van der Waals surface area (Å²) in [5.74, 6) is 0.346. The van der Waals surface area contributed by atoms with Gasteiger partial charge in [0, 0.05) is 17.4 Å². The summed E-state index contributed by atoms with van der Waals surface area (Å²) >= 11 is 1.55. The summed E-state index contributed by atoms with van der Waals surface area (Å²) in [5, 5.41) is 3.87. The topological polar surface area (TPSA) is 64.1 Å². The Morgan fingerprint density at radius 2 is 1.96 bits per heavy atom. The Morgan fingerprint density at radius 1 is 1.11 bits per heavy atom. The van der Waals surface area contributed by atoms with E-state index < -0.39 is 0 Å². The number of thiazole rings is 1. The van der Waals surface area contributed by atoms with Gasteiger partial charge < -0.3 is 10.1 Å². The van der Waals surface area contributed by atoms with Crippen LogP contribution in [0.1, 0.15) is 15.9 Å². The van der Waals surface area contributed by atoms with Crippen molar-refractivity contribution in [1.29, 1.82) is 0 Å². The van der Waals surface area contributed by atoms with Crippen LogP contribution in [-0.2, 0) is 0 Å². The zero-order chi connectivity index (χ0) is 18.8. The molecule has 0 spiro atoms. The fourth-order valence-electron chi connectivity index (χ4n) is 2.85. The van der Waals surface area contributed by atoms with Crippen LogP contribution >= 0.6 is 11.3 Å². The first-order valence-corrected chi connectivity index (χ1v) is 9.24. The number of nitrogens with zero attached hydrogens (tertiary/aromatic N) is 2. The van der Waals surface area contributed by atoms with E-state index in [1.807, 2.05) is 49.4 Å². The van der Waals surface area contributed by atoms with E-state index in [0.29, 0.717) is 11.3 Å². The predicted molar refractivity (Wildman–Crippen MR) is 109 cm³/mol. The fraction of sp³-hybridized carbons (Fsp3) is 0.0952. The highest BCUT2D eigenvalue weighted by Gasteiger charge is 2.14. The van der Waals surface area contributed by atoms with Gasteiger partial charge in [0.05, 0.1) is 12.7 Å². The van der Waals surface area contributed by atoms with Gasteiger partial charge in [-0.2, -0.15) is 0 Å². The van der Waals surface area contributed by atoms with Gasteiger partial charge in [-0.3, -0.25) is 4.79 Å². The van der Waals surface area contributed by atoms with Crippen LogP contribution in [0.15, 0.2) is 60.8 Å². The van der Waals surface area contributed by atoms with Gasteiger partial charge in [0.1, 0.15) is 21.1 Å². The molecule has 0 radical (unpaired) electrons. The third-order valence-corrected chi connectivity index (χ3v) is 5.27. The summed E-state index contributed by atoms with van der Waals surface area (Å²) in [4.78, 5) is 22.5. The summed E-state index contributed by atoms with van der Waals surface area (Å²) < 4.78 is 5.27. The molecule has 0 fully saturated rings. The lowest BCUT2D eigenvalue weighted by molar-refractivity contribution is 0.102. The molecule has 4 aromatic rings. The number of aryl methyl sites for hydroxylation is 1. The first kappa shape index (κ1) is 17.2. The fourth-order valence-corrected chi connectivity index (χ4v) is 3.76. The summed E-state index contributed by atoms with van der Waals surface area (Å²) in [7, 11) is 1.55. The molecule has 0 atom stereocenters. The number of amides is 1. The van der Waals surface area contributed by atoms with Crippen molar-refractivity contribution >= 4 is 33.3 Å². The van der Waals surface area contributed by atoms with Crippen LogP contribution in [0.3, 0.4) is 0 Å². The molecule has 0 unspecified atom stereocenters. The number of rotatable bonds is 4. The number of ether oxygens (including phenoxy) is 1. The van der Waals surface area contributed by atoms with E-state index in [1.54, 1.807) is 36.8 Å². The predicted octanol–water partition coefficient (Wildman–Crippen LogP) is 4.93. The van der Waals surface area contributed by atoms with Crippen LogP contribution in [0.25, 0.3) is 20.9 Å². The SMILES string of the molecule is COc1ccccc1C(=O)Nc1ccc(-c2nc3cccnc3s2)cc1C. The normalized spacial score (nSPS) is 10.7. The number of hydrogen-bond acceptors (Lipinski definition) is 5. The summed E-state index contributed by atoms with van der Waals surface area (Å²) in [6, 6.07) is 16.9. The van der Waals surface area contributed by atoms with Crippen LogP contribution < -0.4 is 10.1 Å². The zero-order valence-electron chi connectivity index (χ0n) is 14.9. The van der Waals surface area contributed by atoms with Crippen molar-refractivity contribution < 1.29 is 9.53 Å². The molecule has 0 aliphatic heterocycles. The minimum atomic E-state index is -0.201. The minimum absolute atomic E-state index is 0.201. The van der Waals surface area contributed by atoms with E-state index in [0.717, 1.165) is 32.2 Å². The number of benzene rings is 2. The quantitative estimate of drug-likeness (QED) is 0.549. The number of aromatic nitrogens is 2. The molecule has 0 aliphatic carbocycles. The molecule has 1 amide bonds. The molecule has 0 bridgehead atoms. The highest BCUT2D eigenvalue weighted by atomic mass is 32.1. The maximum absolute atomic E-state index is 12.6. The molecule has 0 saturated carbocycles. The lowest BCUT2D eigenvalue weighted by Crippen LogP contribution is -2.13. The number of pyridine rings is 1. The smallest absolute Gasteiger partial charge is 0.259 e. The van der Waals surface area contributed by atoms with E-state index in [9.17, 15) is 4.79 Å². The molecule has 5 nitrogen and oxygen atoms in total. The van der Waals surface area contributed by atoms with E-state index in [-0.39, 0.29) is 5.91 Å². The largest absolute Gasteiger partial charge is 0.496 e. The van der Waals surface area contributed by atoms with Gasteiger partial charge in [-0.15, -0.1) is 0 Å². The second-order valence-electron chi connectivity index (χ2n) is 6.03. The van der Waals surface area contributed by atoms with Gasteiger partial charge in [-0.1, -0.05) is 23.5 Å². The number of carbonyl (C=O) groups excluding carboxylic acids is 1. The van der Waals surface area contributed by atoms with Crippen LogP contribution in [0.2, 0.25) is 0 Å². The Kier molecular flexibility index (Phi) is 4.56. The first-order valence-electron chi connectivity index (χ1n) is 8.42. The van der Waals surface area contributed by atoms with Crippen molar-refractivity contribution in [3.8, 4) is 16.3 Å². The van der Waals surface area contributed by atoms with Crippen LogP contribution in [0, 0.1) is 6.92 Å². The lowest BCUT2D eigenvalue weighted by Gasteiger charge is -2.11. The van der Waals surface area contributed by atoms with Gasteiger partial charge >= 0.3 is 0 Å². The Bertz CT molecular complexity index is 1100. The zero-order valence-corrected chi connectivity index (χ0v) is 15.7. The van der Waals surface area contributed by atoms with Crippen molar-refractivity contribution in [2.24, 2.45) is 0 Å². The third-order valence-electron chi connectivity index (χ3n) is 4.24. The molecule has 0 aliphatic rings. The first-order chi connectivity index (χ1) is 13.2. The Morgan fingerprint density at radius 3 is 2.74 bits per heavy atom. The Hall–Kier alpha value is -3.25. The van der Waals surface area contributed by atoms with E-state index in [2.05, 4.69) is 15.3 Å². The van der Waals surface area contributed by atoms with Crippen LogP contribution in [-0.4, -0.2) is 23.0 Å². The monoisotopic (exact) mass is 375 g/mol. The van der Waals surface area contributed by atoms with Crippen molar-refractivity contribution in [2.45, 2.75) is 6.92 Å². The van der Waals surface area contributed by atoms with Crippen LogP contribution in [0.4, 0.5) is 5.69 Å². The maximum atomic E-state index is 12.6. The highest BCUT2D eigenvalue weighted by molar-refractivity contribution is 7.21. The van der Waals surface area contributed by atoms with E-state index >= 15 is 0 Å². The molecule has 27 heavy (non-hydrogen) atoms. The molecule has 6 heteroatoms. The highest BCUT2D eigenvalue weighted by Crippen LogP contribution is 2.31. The average molecular weight is 375 g/mol. The van der Waals surface area contributed by atoms with Gasteiger partial charge in [-0.05, 0) is 55.0 Å². The number of hydrogen-bond donors (Lipinski definition) is 1. The summed E-state index contributed by atoms with van der Waals surface area (Å²) in [6.45, 7) is 1.97. The third kappa shape index (κ3) is 3.39. The number of para-hydroxylation sites is 1. The molecule has 2 aromatic carbocycles. The van der Waals surface area contributed by atoms with Gasteiger partial charge in [0.2, 0.25) is 0 Å². The Balaban J connectivity index is 1.61. The summed E-state index contributed by atoms with van der Waals surface area (Å²) in [6.07, 6.45) is 1.77. The van der Waals surface area contributed by atoms with Gasteiger partial charge in [0.25, 0.3) is 5.91 Å². The Labute approximate surface area is 160 Å². The molecule has 1 N–H and O–H groups in total. The summed E-state index contributed by atoms with van der Waals surface area (Å²) in [5.41, 5.74) is 4.12. The molecular formula is C21H17N3O2S. The van der Waals surface area contributed by atoms with Crippen LogP contribution in [0.5, 0.6) is 5.75 Å². The maximum Gasteiger partial charge on any atom is 0.259 e. The molecule has 2 aromatic heterocycles. The van der Waals surface area contributed by atoms with Crippen molar-refractivity contribution in [1.82, 2.24) is 9.97 Å². The van der Waals surface area contributed by atoms with Crippen molar-refractivity contribution in [3.63, 3.8) is 0 Å². The van der Waals surface area contributed by atoms with Crippen molar-refractivity contribution in [2.75, 3.05) is 12.4 Å². The molecular weight excluding hydrogens is 358 g/mol. The molecule has 134 valence electrons. The van der Waals surface area contributed by atoms with Crippen molar-refractivity contribution in [3.05, 3.63) is 71.9 Å². The second-order valence-corrected chi connectivity index (χ2v) is 7.01. The second kappa shape index (κ2) is 7.17. The number of fused-ring (bicyclic) bond motifs is 1. The number of anilines is 1. The number of carbonyl (C=O) groups is 1. The molecule has 0 saturated heterocycles. The van der Waals surface area contributed by atoms with Gasteiger partial charge in [0.15, 0.2) is 0 Å². The number of nitrogens with one attached hydrogen (secondary N) is 1. The van der Waals surface area contributed by atoms with E-state index in [1.165, 1.54) is 0 Å². The lowest BCUT2D eigenvalue weighted by atomic mass is 10.1. The average Bonchev–Trinajstić information content (AvgIpc) is 3.13. The standard InChI is InChI=1S/C21H17N3O2S/c1-13-12-14(20-24-17-7-5-11-22-21(17)27-20)9-10-16(13)23-19(25)15-6-3-4-8-18(15)26-2/h3-12H,1-2H3,(H,23,25). The minimum Gasteiger partial charge on any atom is -0.496 e. The van der Waals surface area contributed by atoms with Gasteiger partial charge in [-0.25, -0.2) is 9.97 Å². The van der Waals surface area contributed by atoms with E-state index in [4.69, 9.17) is 4.74 Å². The molecule has 2 heterocycles. The number of methoxy groups -OCH3 is 1. The molecule has 4 rings (SSSR count).